The zero-order valence-electron chi connectivity index (χ0n) is 7.56. The number of hydrogen-bond acceptors (Lipinski definition) is 4. The lowest BCUT2D eigenvalue weighted by Gasteiger charge is -2.04. The molecule has 2 aliphatic rings. The monoisotopic (exact) mass is 194 g/mol. The van der Waals surface area contributed by atoms with Crippen molar-refractivity contribution in [2.45, 2.75) is 6.10 Å². The fourth-order valence-electron chi connectivity index (χ4n) is 1.32. The molecule has 0 saturated carbocycles. The molecule has 0 N–H and O–H groups in total. The van der Waals surface area contributed by atoms with E-state index in [-0.39, 0.29) is 6.10 Å². The molecule has 74 valence electrons. The SMILES string of the molecule is c1cc2c(cc1OCC1CO1)OCO2. The molecule has 1 aromatic rings. The highest BCUT2D eigenvalue weighted by molar-refractivity contribution is 5.46. The van der Waals surface area contributed by atoms with Crippen LogP contribution < -0.4 is 14.2 Å². The molecular weight excluding hydrogens is 184 g/mol. The van der Waals surface area contributed by atoms with Gasteiger partial charge in [-0.2, -0.15) is 0 Å². The topological polar surface area (TPSA) is 40.2 Å². The van der Waals surface area contributed by atoms with Gasteiger partial charge in [0.2, 0.25) is 6.79 Å². The Balaban J connectivity index is 1.71. The minimum absolute atomic E-state index is 0.278. The molecule has 0 amide bonds. The second-order valence-corrected chi connectivity index (χ2v) is 3.28. The molecule has 0 spiro atoms. The van der Waals surface area contributed by atoms with Crippen LogP contribution in [0.1, 0.15) is 0 Å². The Morgan fingerprint density at radius 3 is 3.00 bits per heavy atom. The summed E-state index contributed by atoms with van der Waals surface area (Å²) in [4.78, 5) is 0. The summed E-state index contributed by atoms with van der Waals surface area (Å²) in [6, 6.07) is 5.56. The van der Waals surface area contributed by atoms with Gasteiger partial charge in [0.1, 0.15) is 18.5 Å². The second-order valence-electron chi connectivity index (χ2n) is 3.28. The molecule has 14 heavy (non-hydrogen) atoms. The van der Waals surface area contributed by atoms with Crippen molar-refractivity contribution in [3.8, 4) is 17.2 Å². The highest BCUT2D eigenvalue weighted by Crippen LogP contribution is 2.35. The predicted molar refractivity (Wildman–Crippen MR) is 47.8 cm³/mol. The van der Waals surface area contributed by atoms with Gasteiger partial charge in [0.15, 0.2) is 11.5 Å². The normalized spacial score (nSPS) is 22.1. The summed E-state index contributed by atoms with van der Waals surface area (Å²) in [6.07, 6.45) is 0.278. The van der Waals surface area contributed by atoms with Crippen LogP contribution in [0.25, 0.3) is 0 Å². The predicted octanol–water partition coefficient (Wildman–Crippen LogP) is 1.19. The Bertz CT molecular complexity index is 346. The van der Waals surface area contributed by atoms with Crippen molar-refractivity contribution in [1.29, 1.82) is 0 Å². The van der Waals surface area contributed by atoms with Crippen LogP contribution in [-0.2, 0) is 4.74 Å². The average molecular weight is 194 g/mol. The maximum atomic E-state index is 5.49. The van der Waals surface area contributed by atoms with Crippen molar-refractivity contribution >= 4 is 0 Å². The summed E-state index contributed by atoms with van der Waals surface area (Å²) in [5.74, 6) is 2.32. The van der Waals surface area contributed by atoms with Crippen LogP contribution in [0.3, 0.4) is 0 Å². The van der Waals surface area contributed by atoms with Crippen LogP contribution in [0.5, 0.6) is 17.2 Å². The van der Waals surface area contributed by atoms with E-state index in [1.54, 1.807) is 0 Å². The van der Waals surface area contributed by atoms with Gasteiger partial charge in [0, 0.05) is 6.07 Å². The summed E-state index contributed by atoms with van der Waals surface area (Å²) in [5.41, 5.74) is 0. The van der Waals surface area contributed by atoms with E-state index < -0.39 is 0 Å². The maximum absolute atomic E-state index is 5.49. The van der Waals surface area contributed by atoms with E-state index >= 15 is 0 Å². The fraction of sp³-hybridized carbons (Fsp3) is 0.400. The third-order valence-corrected chi connectivity index (χ3v) is 2.18. The summed E-state index contributed by atoms with van der Waals surface area (Å²) >= 11 is 0. The third kappa shape index (κ3) is 1.48. The zero-order valence-corrected chi connectivity index (χ0v) is 7.56. The molecule has 1 atom stereocenters. The van der Waals surface area contributed by atoms with Crippen LogP contribution in [0, 0.1) is 0 Å². The number of fused-ring (bicyclic) bond motifs is 1. The summed E-state index contributed by atoms with van der Waals surface area (Å²) in [7, 11) is 0. The van der Waals surface area contributed by atoms with E-state index in [2.05, 4.69) is 0 Å². The first kappa shape index (κ1) is 7.94. The lowest BCUT2D eigenvalue weighted by Crippen LogP contribution is -2.03. The van der Waals surface area contributed by atoms with Crippen molar-refractivity contribution in [3.05, 3.63) is 18.2 Å². The molecule has 2 aliphatic heterocycles. The minimum Gasteiger partial charge on any atom is -0.491 e. The molecular formula is C10H10O4. The van der Waals surface area contributed by atoms with Crippen LogP contribution in [0.15, 0.2) is 18.2 Å². The Labute approximate surface area is 81.3 Å². The Morgan fingerprint density at radius 2 is 2.14 bits per heavy atom. The van der Waals surface area contributed by atoms with E-state index in [4.69, 9.17) is 18.9 Å². The van der Waals surface area contributed by atoms with Crippen molar-refractivity contribution in [3.63, 3.8) is 0 Å². The van der Waals surface area contributed by atoms with Crippen LogP contribution in [0.4, 0.5) is 0 Å². The van der Waals surface area contributed by atoms with E-state index in [9.17, 15) is 0 Å². The second kappa shape index (κ2) is 3.06. The highest BCUT2D eigenvalue weighted by Gasteiger charge is 2.23. The van der Waals surface area contributed by atoms with Crippen molar-refractivity contribution < 1.29 is 18.9 Å². The number of hydrogen-bond donors (Lipinski definition) is 0. The number of epoxide rings is 1. The Morgan fingerprint density at radius 1 is 1.29 bits per heavy atom. The molecule has 4 heteroatoms. The fourth-order valence-corrected chi connectivity index (χ4v) is 1.32. The average Bonchev–Trinajstić information content (AvgIpc) is 2.92. The zero-order chi connectivity index (χ0) is 9.38. The quantitative estimate of drug-likeness (QED) is 0.678. The number of rotatable bonds is 3. The molecule has 1 unspecified atom stereocenters. The van der Waals surface area contributed by atoms with Gasteiger partial charge < -0.3 is 18.9 Å². The van der Waals surface area contributed by atoms with Crippen molar-refractivity contribution in [2.24, 2.45) is 0 Å². The molecule has 0 aromatic heterocycles. The Hall–Kier alpha value is -1.42. The summed E-state index contributed by atoms with van der Waals surface area (Å²) in [6.45, 7) is 1.72. The van der Waals surface area contributed by atoms with E-state index in [0.717, 1.165) is 23.9 Å². The molecule has 3 rings (SSSR count). The Kier molecular flexibility index (Phi) is 1.73. The molecule has 0 aliphatic carbocycles. The molecule has 0 radical (unpaired) electrons. The molecule has 2 heterocycles. The lowest BCUT2D eigenvalue weighted by atomic mass is 10.3. The summed E-state index contributed by atoms with van der Waals surface area (Å²) in [5, 5.41) is 0. The number of ether oxygens (including phenoxy) is 4. The van der Waals surface area contributed by atoms with Gasteiger partial charge in [-0.15, -0.1) is 0 Å². The van der Waals surface area contributed by atoms with E-state index in [1.165, 1.54) is 0 Å². The van der Waals surface area contributed by atoms with E-state index in [0.29, 0.717) is 13.4 Å². The number of benzene rings is 1. The van der Waals surface area contributed by atoms with Crippen molar-refractivity contribution in [2.75, 3.05) is 20.0 Å². The lowest BCUT2D eigenvalue weighted by molar-refractivity contribution is 0.173. The molecule has 1 aromatic carbocycles. The minimum atomic E-state index is 0.278. The largest absolute Gasteiger partial charge is 0.491 e. The van der Waals surface area contributed by atoms with Crippen LogP contribution >= 0.6 is 0 Å². The summed E-state index contributed by atoms with van der Waals surface area (Å²) < 4.78 is 21.0. The van der Waals surface area contributed by atoms with Gasteiger partial charge in [0.25, 0.3) is 0 Å². The van der Waals surface area contributed by atoms with Crippen LogP contribution in [-0.4, -0.2) is 26.1 Å². The first-order valence-corrected chi connectivity index (χ1v) is 4.56. The molecule has 0 bridgehead atoms. The molecule has 1 fully saturated rings. The van der Waals surface area contributed by atoms with Crippen LogP contribution in [0.2, 0.25) is 0 Å². The van der Waals surface area contributed by atoms with Gasteiger partial charge in [0.05, 0.1) is 6.61 Å². The highest BCUT2D eigenvalue weighted by atomic mass is 16.7. The first-order valence-electron chi connectivity index (χ1n) is 4.56. The van der Waals surface area contributed by atoms with Gasteiger partial charge in [-0.05, 0) is 12.1 Å². The smallest absolute Gasteiger partial charge is 0.231 e. The third-order valence-electron chi connectivity index (χ3n) is 2.18. The maximum Gasteiger partial charge on any atom is 0.231 e. The van der Waals surface area contributed by atoms with E-state index in [1.807, 2.05) is 18.2 Å². The molecule has 4 nitrogen and oxygen atoms in total. The van der Waals surface area contributed by atoms with Gasteiger partial charge in [-0.1, -0.05) is 0 Å². The first-order chi connectivity index (χ1) is 6.92. The van der Waals surface area contributed by atoms with Crippen molar-refractivity contribution in [1.82, 2.24) is 0 Å². The van der Waals surface area contributed by atoms with Gasteiger partial charge in [-0.3, -0.25) is 0 Å². The van der Waals surface area contributed by atoms with Gasteiger partial charge >= 0.3 is 0 Å². The standard InChI is InChI=1S/C10H10O4/c1-2-9-10(14-6-13-9)3-7(1)11-4-8-5-12-8/h1-3,8H,4-6H2. The van der Waals surface area contributed by atoms with Gasteiger partial charge in [-0.25, -0.2) is 0 Å². The molecule has 1 saturated heterocycles.